The Bertz CT molecular complexity index is 1130. The van der Waals surface area contributed by atoms with Crippen LogP contribution in [0.4, 0.5) is 15.8 Å². The quantitative estimate of drug-likeness (QED) is 0.551. The van der Waals surface area contributed by atoms with Crippen LogP contribution >= 0.6 is 0 Å². The molecule has 0 radical (unpaired) electrons. The zero-order valence-corrected chi connectivity index (χ0v) is 15.6. The molecule has 0 unspecified atom stereocenters. The van der Waals surface area contributed by atoms with E-state index in [1.807, 2.05) is 23.7 Å². The normalized spacial score (nSPS) is 11.1. The molecule has 0 saturated carbocycles. The second-order valence-corrected chi connectivity index (χ2v) is 6.29. The number of hydrogen-bond donors (Lipinski definition) is 1. The van der Waals surface area contributed by atoms with Crippen LogP contribution in [0.2, 0.25) is 0 Å². The average molecular weight is 378 g/mol. The topological polar surface area (TPSA) is 77.8 Å². The molecule has 7 nitrogen and oxygen atoms in total. The number of aryl methyl sites for hydroxylation is 1. The third-order valence-corrected chi connectivity index (χ3v) is 4.30. The van der Waals surface area contributed by atoms with Crippen LogP contribution in [-0.4, -0.2) is 38.4 Å². The molecule has 0 fully saturated rings. The minimum Gasteiger partial charge on any atom is -0.383 e. The number of pyridine rings is 3. The molecule has 4 aromatic rings. The van der Waals surface area contributed by atoms with Gasteiger partial charge >= 0.3 is 0 Å². The Balaban J connectivity index is 1.70. The first-order valence-corrected chi connectivity index (χ1v) is 8.82. The van der Waals surface area contributed by atoms with Crippen molar-refractivity contribution in [3.05, 3.63) is 60.4 Å². The third kappa shape index (κ3) is 3.54. The van der Waals surface area contributed by atoms with Crippen molar-refractivity contribution in [2.24, 2.45) is 0 Å². The van der Waals surface area contributed by atoms with Crippen LogP contribution in [0, 0.1) is 12.7 Å². The molecule has 28 heavy (non-hydrogen) atoms. The second kappa shape index (κ2) is 7.69. The van der Waals surface area contributed by atoms with Crippen molar-refractivity contribution in [3.8, 4) is 11.4 Å². The van der Waals surface area contributed by atoms with Crippen molar-refractivity contribution in [1.82, 2.24) is 24.7 Å². The summed E-state index contributed by atoms with van der Waals surface area (Å²) < 4.78 is 21.2. The Morgan fingerprint density at radius 2 is 2.00 bits per heavy atom. The molecule has 4 rings (SSSR count). The Hall–Kier alpha value is -3.39. The Labute approximate surface area is 161 Å². The molecule has 0 aromatic carbocycles. The van der Waals surface area contributed by atoms with Crippen molar-refractivity contribution < 1.29 is 9.13 Å². The summed E-state index contributed by atoms with van der Waals surface area (Å²) in [6.45, 7) is 2.98. The maximum Gasteiger partial charge on any atom is 0.151 e. The number of nitrogens with zero attached hydrogens (tertiary/aromatic N) is 5. The standard InChI is InChI=1S/C20H19FN6O/c1-13-3-4-15(21)19(25-13)17-11-14(5-7-22-17)26-16-6-8-23-18-12-24-27(20(16)18)9-10-28-2/h3-8,11-12H,9-10H2,1-2H3,(H,22,23,26). The third-order valence-electron chi connectivity index (χ3n) is 4.30. The lowest BCUT2D eigenvalue weighted by molar-refractivity contribution is 0.185. The molecule has 0 spiro atoms. The minimum absolute atomic E-state index is 0.230. The molecule has 1 N–H and O–H groups in total. The highest BCUT2D eigenvalue weighted by Gasteiger charge is 2.12. The van der Waals surface area contributed by atoms with E-state index in [-0.39, 0.29) is 5.69 Å². The number of ether oxygens (including phenoxy) is 1. The fraction of sp³-hybridized carbons (Fsp3) is 0.200. The lowest BCUT2D eigenvalue weighted by Crippen LogP contribution is -2.07. The summed E-state index contributed by atoms with van der Waals surface area (Å²) in [7, 11) is 1.65. The van der Waals surface area contributed by atoms with Gasteiger partial charge in [-0.05, 0) is 37.3 Å². The summed E-state index contributed by atoms with van der Waals surface area (Å²) in [4.78, 5) is 12.9. The van der Waals surface area contributed by atoms with Crippen molar-refractivity contribution in [2.45, 2.75) is 13.5 Å². The first kappa shape index (κ1) is 18.0. The number of methoxy groups -OCH3 is 1. The van der Waals surface area contributed by atoms with Gasteiger partial charge in [0.15, 0.2) is 5.82 Å². The van der Waals surface area contributed by atoms with Gasteiger partial charge in [0.1, 0.15) is 16.7 Å². The molecule has 0 aliphatic heterocycles. The Kier molecular flexibility index (Phi) is 4.94. The van der Waals surface area contributed by atoms with Crippen LogP contribution in [0.5, 0.6) is 0 Å². The Morgan fingerprint density at radius 3 is 2.86 bits per heavy atom. The summed E-state index contributed by atoms with van der Waals surface area (Å²) in [6, 6.07) is 8.50. The van der Waals surface area contributed by atoms with Gasteiger partial charge in [0, 0.05) is 30.9 Å². The molecule has 142 valence electrons. The van der Waals surface area contributed by atoms with E-state index in [2.05, 4.69) is 25.4 Å². The van der Waals surface area contributed by atoms with Crippen molar-refractivity contribution >= 4 is 22.4 Å². The van der Waals surface area contributed by atoms with Gasteiger partial charge in [-0.15, -0.1) is 0 Å². The predicted octanol–water partition coefficient (Wildman–Crippen LogP) is 3.73. The molecular weight excluding hydrogens is 359 g/mol. The predicted molar refractivity (Wildman–Crippen MR) is 105 cm³/mol. The van der Waals surface area contributed by atoms with Crippen LogP contribution in [0.25, 0.3) is 22.4 Å². The molecule has 4 heterocycles. The van der Waals surface area contributed by atoms with E-state index in [9.17, 15) is 4.39 Å². The first-order chi connectivity index (χ1) is 13.7. The summed E-state index contributed by atoms with van der Waals surface area (Å²) >= 11 is 0. The molecule has 0 aliphatic rings. The van der Waals surface area contributed by atoms with Crippen molar-refractivity contribution in [3.63, 3.8) is 0 Å². The van der Waals surface area contributed by atoms with Gasteiger partial charge in [-0.2, -0.15) is 5.10 Å². The monoisotopic (exact) mass is 378 g/mol. The lowest BCUT2D eigenvalue weighted by atomic mass is 10.2. The molecule has 0 bridgehead atoms. The van der Waals surface area contributed by atoms with Gasteiger partial charge in [-0.1, -0.05) is 0 Å². The van der Waals surface area contributed by atoms with Crippen molar-refractivity contribution in [2.75, 3.05) is 19.0 Å². The number of nitrogens with one attached hydrogen (secondary N) is 1. The van der Waals surface area contributed by atoms with Crippen LogP contribution in [0.3, 0.4) is 0 Å². The van der Waals surface area contributed by atoms with Crippen LogP contribution in [0.15, 0.2) is 48.9 Å². The molecule has 0 atom stereocenters. The number of fused-ring (bicyclic) bond motifs is 1. The summed E-state index contributed by atoms with van der Waals surface area (Å²) in [5, 5.41) is 7.75. The number of halogens is 1. The molecule has 0 aliphatic carbocycles. The summed E-state index contributed by atoms with van der Waals surface area (Å²) in [5.41, 5.74) is 4.68. The number of hydrogen-bond acceptors (Lipinski definition) is 6. The SMILES string of the molecule is COCCn1ncc2nccc(Nc3ccnc(-c4nc(C)ccc4F)c3)c21. The smallest absolute Gasteiger partial charge is 0.151 e. The van der Waals surface area contributed by atoms with E-state index >= 15 is 0 Å². The first-order valence-electron chi connectivity index (χ1n) is 8.82. The second-order valence-electron chi connectivity index (χ2n) is 6.29. The molecular formula is C20H19FN6O. The van der Waals surface area contributed by atoms with Gasteiger partial charge in [0.25, 0.3) is 0 Å². The molecule has 4 aromatic heterocycles. The van der Waals surface area contributed by atoms with Gasteiger partial charge in [0.05, 0.1) is 30.7 Å². The average Bonchev–Trinajstić information content (AvgIpc) is 3.12. The highest BCUT2D eigenvalue weighted by molar-refractivity contribution is 5.89. The van der Waals surface area contributed by atoms with Crippen LogP contribution in [0.1, 0.15) is 5.69 Å². The lowest BCUT2D eigenvalue weighted by Gasteiger charge is -2.11. The number of anilines is 2. The maximum absolute atomic E-state index is 14.2. The van der Waals surface area contributed by atoms with Gasteiger partial charge < -0.3 is 10.1 Å². The van der Waals surface area contributed by atoms with E-state index in [0.29, 0.717) is 18.8 Å². The van der Waals surface area contributed by atoms with Crippen LogP contribution in [-0.2, 0) is 11.3 Å². The van der Waals surface area contributed by atoms with E-state index < -0.39 is 5.82 Å². The largest absolute Gasteiger partial charge is 0.383 e. The molecule has 8 heteroatoms. The van der Waals surface area contributed by atoms with E-state index in [4.69, 9.17) is 4.74 Å². The zero-order valence-electron chi connectivity index (χ0n) is 15.6. The van der Waals surface area contributed by atoms with Gasteiger partial charge in [0.2, 0.25) is 0 Å². The van der Waals surface area contributed by atoms with E-state index in [0.717, 1.165) is 28.1 Å². The number of rotatable bonds is 6. The molecule has 0 saturated heterocycles. The highest BCUT2D eigenvalue weighted by atomic mass is 19.1. The molecule has 0 amide bonds. The highest BCUT2D eigenvalue weighted by Crippen LogP contribution is 2.27. The van der Waals surface area contributed by atoms with Crippen molar-refractivity contribution in [1.29, 1.82) is 0 Å². The van der Waals surface area contributed by atoms with Gasteiger partial charge in [-0.25, -0.2) is 9.37 Å². The summed E-state index contributed by atoms with van der Waals surface area (Å²) in [5.74, 6) is -0.404. The maximum atomic E-state index is 14.2. The van der Waals surface area contributed by atoms with Crippen LogP contribution < -0.4 is 5.32 Å². The summed E-state index contributed by atoms with van der Waals surface area (Å²) in [6.07, 6.45) is 5.07. The number of aromatic nitrogens is 5. The fourth-order valence-corrected chi connectivity index (χ4v) is 2.98. The van der Waals surface area contributed by atoms with Gasteiger partial charge in [-0.3, -0.25) is 14.6 Å². The zero-order chi connectivity index (χ0) is 19.5. The fourth-order valence-electron chi connectivity index (χ4n) is 2.98. The van der Waals surface area contributed by atoms with E-state index in [1.54, 1.807) is 37.8 Å². The van der Waals surface area contributed by atoms with E-state index in [1.165, 1.54) is 6.07 Å². The Morgan fingerprint density at radius 1 is 1.14 bits per heavy atom. The minimum atomic E-state index is -0.404.